The fourth-order valence-electron chi connectivity index (χ4n) is 2.68. The van der Waals surface area contributed by atoms with Crippen molar-refractivity contribution in [3.63, 3.8) is 0 Å². The van der Waals surface area contributed by atoms with Crippen LogP contribution in [0.25, 0.3) is 11.3 Å². The Morgan fingerprint density at radius 1 is 1.07 bits per heavy atom. The van der Waals surface area contributed by atoms with Crippen molar-refractivity contribution in [2.45, 2.75) is 12.7 Å². The maximum atomic E-state index is 12.7. The molecule has 1 aromatic heterocycles. The van der Waals surface area contributed by atoms with Gasteiger partial charge in [-0.25, -0.2) is 4.98 Å². The number of aromatic nitrogens is 2. The summed E-state index contributed by atoms with van der Waals surface area (Å²) in [6.45, 7) is -0.383. The molecule has 7 nitrogen and oxygen atoms in total. The highest BCUT2D eigenvalue weighted by atomic mass is 19.4. The highest BCUT2D eigenvalue weighted by Gasteiger charge is 2.30. The van der Waals surface area contributed by atoms with Gasteiger partial charge >= 0.3 is 6.18 Å². The molecule has 30 heavy (non-hydrogen) atoms. The van der Waals surface area contributed by atoms with Crippen molar-refractivity contribution in [3.05, 3.63) is 82.4 Å². The van der Waals surface area contributed by atoms with Crippen molar-refractivity contribution in [2.24, 2.45) is 5.73 Å². The summed E-state index contributed by atoms with van der Waals surface area (Å²) in [6.07, 6.45) is -3.34. The summed E-state index contributed by atoms with van der Waals surface area (Å²) < 4.78 is 39.0. The molecule has 0 bridgehead atoms. The lowest BCUT2D eigenvalue weighted by atomic mass is 10.1. The van der Waals surface area contributed by atoms with Gasteiger partial charge in [0.1, 0.15) is 6.54 Å². The predicted molar refractivity (Wildman–Crippen MR) is 103 cm³/mol. The van der Waals surface area contributed by atoms with Gasteiger partial charge in [-0.05, 0) is 24.3 Å². The molecule has 0 spiro atoms. The first-order valence-corrected chi connectivity index (χ1v) is 8.58. The van der Waals surface area contributed by atoms with Crippen molar-refractivity contribution in [1.82, 2.24) is 9.55 Å². The number of primary amides is 1. The van der Waals surface area contributed by atoms with Crippen LogP contribution in [0.2, 0.25) is 0 Å². The van der Waals surface area contributed by atoms with E-state index in [9.17, 15) is 27.6 Å². The number of anilines is 1. The van der Waals surface area contributed by atoms with E-state index in [1.165, 1.54) is 24.3 Å². The van der Waals surface area contributed by atoms with Crippen LogP contribution in [0.1, 0.15) is 15.9 Å². The molecule has 3 aromatic rings. The molecule has 0 unspecified atom stereocenters. The summed E-state index contributed by atoms with van der Waals surface area (Å²) in [5, 5.41) is 2.50. The van der Waals surface area contributed by atoms with Crippen LogP contribution in [0, 0.1) is 0 Å². The van der Waals surface area contributed by atoms with Crippen molar-refractivity contribution in [1.29, 1.82) is 0 Å². The zero-order valence-corrected chi connectivity index (χ0v) is 15.3. The number of nitrogens with one attached hydrogen (secondary N) is 1. The zero-order valence-electron chi connectivity index (χ0n) is 15.3. The minimum atomic E-state index is -4.46. The van der Waals surface area contributed by atoms with Crippen molar-refractivity contribution in [3.8, 4) is 11.3 Å². The van der Waals surface area contributed by atoms with Gasteiger partial charge in [-0.3, -0.25) is 19.0 Å². The summed E-state index contributed by atoms with van der Waals surface area (Å²) in [6, 6.07) is 11.5. The van der Waals surface area contributed by atoms with Gasteiger partial charge in [-0.1, -0.05) is 24.3 Å². The van der Waals surface area contributed by atoms with Crippen LogP contribution in [0.5, 0.6) is 0 Å². The molecular formula is C20H15F3N4O3. The maximum Gasteiger partial charge on any atom is 0.416 e. The monoisotopic (exact) mass is 416 g/mol. The number of benzene rings is 2. The summed E-state index contributed by atoms with van der Waals surface area (Å²) >= 11 is 0. The Kier molecular flexibility index (Phi) is 5.67. The largest absolute Gasteiger partial charge is 0.416 e. The topological polar surface area (TPSA) is 107 Å². The third-order valence-electron chi connectivity index (χ3n) is 4.17. The normalized spacial score (nSPS) is 11.2. The number of carbonyl (C=O) groups excluding carboxylic acids is 2. The summed E-state index contributed by atoms with van der Waals surface area (Å²) in [5.41, 5.74) is 4.69. The molecule has 0 fully saturated rings. The molecular weight excluding hydrogens is 401 g/mol. The van der Waals surface area contributed by atoms with Crippen LogP contribution in [-0.2, 0) is 17.5 Å². The van der Waals surface area contributed by atoms with Gasteiger partial charge in [0, 0.05) is 11.6 Å². The third-order valence-corrected chi connectivity index (χ3v) is 4.17. The summed E-state index contributed by atoms with van der Waals surface area (Å²) in [5.74, 6) is -1.31. The number of nitrogens with two attached hydrogens (primary N) is 1. The Morgan fingerprint density at radius 3 is 2.33 bits per heavy atom. The van der Waals surface area contributed by atoms with Gasteiger partial charge in [-0.2, -0.15) is 13.2 Å². The molecule has 0 saturated heterocycles. The first kappa shape index (κ1) is 20.8. The number of alkyl halides is 3. The molecule has 0 radical (unpaired) electrons. The lowest BCUT2D eigenvalue weighted by Gasteiger charge is -2.10. The molecule has 0 saturated carbocycles. The number of rotatable bonds is 5. The van der Waals surface area contributed by atoms with E-state index in [2.05, 4.69) is 10.3 Å². The molecule has 10 heteroatoms. The molecule has 2 aromatic carbocycles. The molecule has 3 rings (SSSR count). The highest BCUT2D eigenvalue weighted by molar-refractivity contribution is 6.02. The number of amides is 2. The van der Waals surface area contributed by atoms with E-state index in [4.69, 9.17) is 5.73 Å². The lowest BCUT2D eigenvalue weighted by Crippen LogP contribution is -2.28. The molecule has 0 atom stereocenters. The van der Waals surface area contributed by atoms with Crippen LogP contribution in [0.15, 0.2) is 65.7 Å². The van der Waals surface area contributed by atoms with Crippen LogP contribution in [-0.4, -0.2) is 21.4 Å². The molecule has 3 N–H and O–H groups in total. The molecule has 154 valence electrons. The Labute approximate surface area is 168 Å². The van der Waals surface area contributed by atoms with Crippen LogP contribution >= 0.6 is 0 Å². The second-order valence-corrected chi connectivity index (χ2v) is 6.27. The highest BCUT2D eigenvalue weighted by Crippen LogP contribution is 2.30. The first-order valence-electron chi connectivity index (χ1n) is 8.58. The fraction of sp³-hybridized carbons (Fsp3) is 0.100. The Balaban J connectivity index is 1.75. The van der Waals surface area contributed by atoms with Crippen LogP contribution in [0.4, 0.5) is 18.9 Å². The van der Waals surface area contributed by atoms with Gasteiger partial charge in [0.05, 0.1) is 28.8 Å². The van der Waals surface area contributed by atoms with E-state index in [1.807, 2.05) is 0 Å². The molecule has 2 amide bonds. The molecule has 0 aliphatic carbocycles. The minimum Gasteiger partial charge on any atom is -0.366 e. The van der Waals surface area contributed by atoms with E-state index >= 15 is 0 Å². The second kappa shape index (κ2) is 8.19. The Hall–Kier alpha value is -3.95. The first-order chi connectivity index (χ1) is 14.1. The number of carbonyl (C=O) groups is 2. The average Bonchev–Trinajstić information content (AvgIpc) is 2.69. The predicted octanol–water partition coefficient (Wildman–Crippen LogP) is 2.67. The maximum absolute atomic E-state index is 12.7. The zero-order chi connectivity index (χ0) is 21.9. The molecule has 1 heterocycles. The SMILES string of the molecule is NC(=O)c1ccccc1NC(=O)Cn1cnc(-c2ccc(C(F)(F)F)cc2)cc1=O. The fourth-order valence-corrected chi connectivity index (χ4v) is 2.68. The minimum absolute atomic E-state index is 0.119. The van der Waals surface area contributed by atoms with Gasteiger partial charge in [0.15, 0.2) is 0 Å². The van der Waals surface area contributed by atoms with Gasteiger partial charge < -0.3 is 11.1 Å². The van der Waals surface area contributed by atoms with E-state index in [0.29, 0.717) is 5.56 Å². The van der Waals surface area contributed by atoms with Gasteiger partial charge in [0.25, 0.3) is 11.5 Å². The molecule has 0 aliphatic heterocycles. The second-order valence-electron chi connectivity index (χ2n) is 6.27. The molecule has 0 aliphatic rings. The summed E-state index contributed by atoms with van der Waals surface area (Å²) in [4.78, 5) is 40.0. The number of hydrogen-bond donors (Lipinski definition) is 2. The lowest BCUT2D eigenvalue weighted by molar-refractivity contribution is -0.137. The van der Waals surface area contributed by atoms with Gasteiger partial charge in [-0.15, -0.1) is 0 Å². The Bertz CT molecular complexity index is 1150. The smallest absolute Gasteiger partial charge is 0.366 e. The van der Waals surface area contributed by atoms with Crippen LogP contribution in [0.3, 0.4) is 0 Å². The van der Waals surface area contributed by atoms with Gasteiger partial charge in [0.2, 0.25) is 5.91 Å². The van der Waals surface area contributed by atoms with Crippen LogP contribution < -0.4 is 16.6 Å². The quantitative estimate of drug-likeness (QED) is 0.667. The number of halogens is 3. The van der Waals surface area contributed by atoms with E-state index < -0.39 is 29.1 Å². The summed E-state index contributed by atoms with van der Waals surface area (Å²) in [7, 11) is 0. The van der Waals surface area contributed by atoms with E-state index in [-0.39, 0.29) is 23.5 Å². The van der Waals surface area contributed by atoms with E-state index in [0.717, 1.165) is 29.1 Å². The van der Waals surface area contributed by atoms with Crippen molar-refractivity contribution >= 4 is 17.5 Å². The van der Waals surface area contributed by atoms with E-state index in [1.54, 1.807) is 12.1 Å². The average molecular weight is 416 g/mol. The third kappa shape index (κ3) is 4.72. The Morgan fingerprint density at radius 2 is 1.73 bits per heavy atom. The number of nitrogens with zero attached hydrogens (tertiary/aromatic N) is 2. The number of hydrogen-bond acceptors (Lipinski definition) is 4. The standard InChI is InChI=1S/C20H15F3N4O3/c21-20(22,23)13-7-5-12(6-8-13)16-9-18(29)27(11-25-16)10-17(28)26-15-4-2-1-3-14(15)19(24)30/h1-9,11H,10H2,(H2,24,30)(H,26,28). The van der Waals surface area contributed by atoms with Crippen molar-refractivity contribution < 1.29 is 22.8 Å². The van der Waals surface area contributed by atoms with Crippen molar-refractivity contribution in [2.75, 3.05) is 5.32 Å². The number of para-hydroxylation sites is 1.